The molecule has 2 aromatic carbocycles. The summed E-state index contributed by atoms with van der Waals surface area (Å²) in [7, 11) is 1.61. The Hall–Kier alpha value is -1.94. The average Bonchev–Trinajstić information content (AvgIpc) is 2.42. The molecular formula is C15H15NO2S. The Labute approximate surface area is 118 Å². The van der Waals surface area contributed by atoms with E-state index in [0.29, 0.717) is 5.56 Å². The Morgan fingerprint density at radius 2 is 1.84 bits per heavy atom. The molecule has 0 aromatic heterocycles. The Kier molecular flexibility index (Phi) is 4.12. The number of benzene rings is 2. The van der Waals surface area contributed by atoms with Gasteiger partial charge in [-0.1, -0.05) is 6.07 Å². The van der Waals surface area contributed by atoms with Crippen LogP contribution < -0.4 is 10.1 Å². The maximum atomic E-state index is 12.2. The molecule has 0 atom stereocenters. The first-order valence-corrected chi connectivity index (χ1v) is 6.30. The first-order chi connectivity index (χ1) is 9.10. The van der Waals surface area contributed by atoms with Gasteiger partial charge in [-0.05, 0) is 48.9 Å². The highest BCUT2D eigenvalue weighted by molar-refractivity contribution is 7.80. The van der Waals surface area contributed by atoms with Crippen LogP contribution in [0.3, 0.4) is 0 Å². The van der Waals surface area contributed by atoms with Gasteiger partial charge in [0.25, 0.3) is 5.91 Å². The summed E-state index contributed by atoms with van der Waals surface area (Å²) in [6.45, 7) is 1.90. The molecule has 0 fully saturated rings. The third kappa shape index (κ3) is 3.29. The highest BCUT2D eigenvalue weighted by Crippen LogP contribution is 2.18. The van der Waals surface area contributed by atoms with E-state index in [4.69, 9.17) is 4.74 Å². The molecule has 2 rings (SSSR count). The lowest BCUT2D eigenvalue weighted by molar-refractivity contribution is 0.102. The fraction of sp³-hybridized carbons (Fsp3) is 0.133. The van der Waals surface area contributed by atoms with E-state index in [1.807, 2.05) is 19.1 Å². The molecule has 0 heterocycles. The summed E-state index contributed by atoms with van der Waals surface area (Å²) in [5.41, 5.74) is 2.28. The molecular weight excluding hydrogens is 258 g/mol. The van der Waals surface area contributed by atoms with Gasteiger partial charge >= 0.3 is 0 Å². The summed E-state index contributed by atoms with van der Waals surface area (Å²) in [4.78, 5) is 12.9. The first kappa shape index (κ1) is 13.5. The van der Waals surface area contributed by atoms with Gasteiger partial charge in [-0.2, -0.15) is 0 Å². The normalized spacial score (nSPS) is 10.1. The Balaban J connectivity index is 2.18. The minimum atomic E-state index is -0.140. The lowest BCUT2D eigenvalue weighted by atomic mass is 10.1. The minimum absolute atomic E-state index is 0.140. The van der Waals surface area contributed by atoms with Crippen LogP contribution in [0.4, 0.5) is 5.69 Å². The minimum Gasteiger partial charge on any atom is -0.497 e. The maximum Gasteiger partial charge on any atom is 0.255 e. The Bertz CT molecular complexity index is 594. The average molecular weight is 273 g/mol. The van der Waals surface area contributed by atoms with Gasteiger partial charge in [0, 0.05) is 16.1 Å². The van der Waals surface area contributed by atoms with E-state index in [9.17, 15) is 4.79 Å². The van der Waals surface area contributed by atoms with Crippen molar-refractivity contribution in [2.75, 3.05) is 12.4 Å². The predicted octanol–water partition coefficient (Wildman–Crippen LogP) is 3.54. The number of rotatable bonds is 3. The van der Waals surface area contributed by atoms with E-state index in [2.05, 4.69) is 17.9 Å². The zero-order chi connectivity index (χ0) is 13.8. The number of aryl methyl sites for hydroxylation is 1. The lowest BCUT2D eigenvalue weighted by Gasteiger charge is -2.09. The van der Waals surface area contributed by atoms with Crippen LogP contribution in [0.2, 0.25) is 0 Å². The molecule has 0 bridgehead atoms. The molecule has 4 heteroatoms. The van der Waals surface area contributed by atoms with Crippen molar-refractivity contribution in [3.05, 3.63) is 53.6 Å². The van der Waals surface area contributed by atoms with Gasteiger partial charge in [0.2, 0.25) is 0 Å². The summed E-state index contributed by atoms with van der Waals surface area (Å²) < 4.78 is 5.07. The lowest BCUT2D eigenvalue weighted by Crippen LogP contribution is -2.13. The molecule has 0 saturated carbocycles. The molecule has 0 aliphatic carbocycles. The van der Waals surface area contributed by atoms with Crippen molar-refractivity contribution >= 4 is 24.2 Å². The number of amides is 1. The highest BCUT2D eigenvalue weighted by atomic mass is 32.1. The second kappa shape index (κ2) is 5.80. The third-order valence-corrected chi connectivity index (χ3v) is 3.09. The van der Waals surface area contributed by atoms with Crippen molar-refractivity contribution in [2.45, 2.75) is 11.8 Å². The van der Waals surface area contributed by atoms with Gasteiger partial charge in [-0.25, -0.2) is 0 Å². The molecule has 0 spiro atoms. The van der Waals surface area contributed by atoms with Crippen LogP contribution in [0.25, 0.3) is 0 Å². The fourth-order valence-electron chi connectivity index (χ4n) is 1.73. The summed E-state index contributed by atoms with van der Waals surface area (Å²) >= 11 is 4.25. The number of carbonyl (C=O) groups excluding carboxylic acids is 1. The molecule has 98 valence electrons. The molecule has 0 saturated heterocycles. The molecule has 0 radical (unpaired) electrons. The molecule has 2 aromatic rings. The molecule has 19 heavy (non-hydrogen) atoms. The number of hydrogen-bond acceptors (Lipinski definition) is 3. The molecule has 1 N–H and O–H groups in total. The van der Waals surface area contributed by atoms with Gasteiger partial charge in [0.15, 0.2) is 0 Å². The molecule has 0 aliphatic heterocycles. The van der Waals surface area contributed by atoms with E-state index in [1.54, 1.807) is 37.4 Å². The number of anilines is 1. The number of thiol groups is 1. The van der Waals surface area contributed by atoms with Crippen molar-refractivity contribution in [3.8, 4) is 5.75 Å². The van der Waals surface area contributed by atoms with Gasteiger partial charge in [-0.3, -0.25) is 4.79 Å². The summed E-state index contributed by atoms with van der Waals surface area (Å²) in [5, 5.41) is 2.85. The second-order valence-corrected chi connectivity index (χ2v) is 4.70. The Morgan fingerprint density at radius 3 is 2.47 bits per heavy atom. The molecule has 1 amide bonds. The standard InChI is InChI=1S/C15H15NO2S/c1-10-3-8-13(19)9-14(10)15(17)16-11-4-6-12(18-2)7-5-11/h3-9,19H,1-2H3,(H,16,17). The van der Waals surface area contributed by atoms with Crippen molar-refractivity contribution in [1.29, 1.82) is 0 Å². The van der Waals surface area contributed by atoms with Gasteiger partial charge in [-0.15, -0.1) is 12.6 Å². The first-order valence-electron chi connectivity index (χ1n) is 5.85. The molecule has 3 nitrogen and oxygen atoms in total. The number of ether oxygens (including phenoxy) is 1. The number of hydrogen-bond donors (Lipinski definition) is 2. The quantitative estimate of drug-likeness (QED) is 0.839. The predicted molar refractivity (Wildman–Crippen MR) is 79.4 cm³/mol. The monoisotopic (exact) mass is 273 g/mol. The van der Waals surface area contributed by atoms with Crippen LogP contribution in [-0.2, 0) is 0 Å². The summed E-state index contributed by atoms with van der Waals surface area (Å²) in [5.74, 6) is 0.616. The largest absolute Gasteiger partial charge is 0.497 e. The summed E-state index contributed by atoms with van der Waals surface area (Å²) in [6.07, 6.45) is 0. The van der Waals surface area contributed by atoms with Crippen molar-refractivity contribution < 1.29 is 9.53 Å². The van der Waals surface area contributed by atoms with E-state index in [-0.39, 0.29) is 5.91 Å². The zero-order valence-corrected chi connectivity index (χ0v) is 11.7. The van der Waals surface area contributed by atoms with Crippen LogP contribution in [0.1, 0.15) is 15.9 Å². The fourth-order valence-corrected chi connectivity index (χ4v) is 1.93. The van der Waals surface area contributed by atoms with Crippen molar-refractivity contribution in [1.82, 2.24) is 0 Å². The third-order valence-electron chi connectivity index (χ3n) is 2.81. The molecule has 0 unspecified atom stereocenters. The summed E-state index contributed by atoms with van der Waals surface area (Å²) in [6, 6.07) is 12.7. The van der Waals surface area contributed by atoms with Gasteiger partial charge < -0.3 is 10.1 Å². The van der Waals surface area contributed by atoms with Gasteiger partial charge in [0.1, 0.15) is 5.75 Å². The maximum absolute atomic E-state index is 12.2. The second-order valence-electron chi connectivity index (χ2n) is 4.18. The van der Waals surface area contributed by atoms with Crippen LogP contribution in [0, 0.1) is 6.92 Å². The smallest absolute Gasteiger partial charge is 0.255 e. The number of carbonyl (C=O) groups is 1. The zero-order valence-electron chi connectivity index (χ0n) is 10.8. The van der Waals surface area contributed by atoms with E-state index in [0.717, 1.165) is 21.9 Å². The van der Waals surface area contributed by atoms with Gasteiger partial charge in [0.05, 0.1) is 7.11 Å². The van der Waals surface area contributed by atoms with Crippen LogP contribution >= 0.6 is 12.6 Å². The highest BCUT2D eigenvalue weighted by Gasteiger charge is 2.09. The number of methoxy groups -OCH3 is 1. The van der Waals surface area contributed by atoms with Crippen molar-refractivity contribution in [2.24, 2.45) is 0 Å². The van der Waals surface area contributed by atoms with Crippen molar-refractivity contribution in [3.63, 3.8) is 0 Å². The Morgan fingerprint density at radius 1 is 1.16 bits per heavy atom. The van der Waals surface area contributed by atoms with Crippen LogP contribution in [0.15, 0.2) is 47.4 Å². The van der Waals surface area contributed by atoms with E-state index in [1.165, 1.54) is 0 Å². The van der Waals surface area contributed by atoms with E-state index >= 15 is 0 Å². The van der Waals surface area contributed by atoms with Crippen LogP contribution in [-0.4, -0.2) is 13.0 Å². The number of nitrogens with one attached hydrogen (secondary N) is 1. The van der Waals surface area contributed by atoms with Crippen LogP contribution in [0.5, 0.6) is 5.75 Å². The van der Waals surface area contributed by atoms with E-state index < -0.39 is 0 Å². The SMILES string of the molecule is COc1ccc(NC(=O)c2cc(S)ccc2C)cc1. The molecule has 0 aliphatic rings. The topological polar surface area (TPSA) is 38.3 Å².